The van der Waals surface area contributed by atoms with Crippen molar-refractivity contribution < 1.29 is 18.3 Å². The Morgan fingerprint density at radius 2 is 1.94 bits per heavy atom. The van der Waals surface area contributed by atoms with Crippen LogP contribution in [0.1, 0.15) is 25.3 Å². The summed E-state index contributed by atoms with van der Waals surface area (Å²) in [6.07, 6.45) is 0.604. The van der Waals surface area contributed by atoms with Gasteiger partial charge in [-0.2, -0.15) is 0 Å². The summed E-state index contributed by atoms with van der Waals surface area (Å²) in [6, 6.07) is 3.60. The summed E-state index contributed by atoms with van der Waals surface area (Å²) < 4.78 is 31.5. The van der Waals surface area contributed by atoms with E-state index >= 15 is 0 Å². The number of halogens is 2. The lowest BCUT2D eigenvalue weighted by Crippen LogP contribution is -2.11. The molecular weight excluding hydrogens is 226 g/mol. The molecule has 0 radical (unpaired) electrons. The van der Waals surface area contributed by atoms with Gasteiger partial charge in [-0.05, 0) is 25.5 Å². The number of carbonyl (C=O) groups excluding carboxylic acids is 1. The Labute approximate surface area is 99.6 Å². The van der Waals surface area contributed by atoms with Crippen molar-refractivity contribution >= 4 is 5.78 Å². The van der Waals surface area contributed by atoms with Gasteiger partial charge in [-0.15, -0.1) is 0 Å². The first-order valence-corrected chi connectivity index (χ1v) is 5.52. The minimum Gasteiger partial charge on any atom is -0.382 e. The van der Waals surface area contributed by atoms with Gasteiger partial charge in [0, 0.05) is 25.5 Å². The van der Waals surface area contributed by atoms with Crippen molar-refractivity contribution in [1.29, 1.82) is 0 Å². The van der Waals surface area contributed by atoms with Crippen molar-refractivity contribution in [1.82, 2.24) is 0 Å². The smallest absolute Gasteiger partial charge is 0.137 e. The molecule has 1 unspecified atom stereocenters. The number of rotatable bonds is 6. The second-order valence-electron chi connectivity index (χ2n) is 4.00. The Hall–Kier alpha value is -1.29. The molecule has 0 aliphatic carbocycles. The largest absolute Gasteiger partial charge is 0.382 e. The minimum absolute atomic E-state index is 0.0237. The van der Waals surface area contributed by atoms with E-state index in [1.807, 2.05) is 6.92 Å². The molecule has 0 bridgehead atoms. The molecule has 0 aliphatic rings. The number of benzene rings is 1. The van der Waals surface area contributed by atoms with Crippen molar-refractivity contribution in [2.24, 2.45) is 0 Å². The molecule has 0 saturated carbocycles. The van der Waals surface area contributed by atoms with Crippen molar-refractivity contribution in [2.75, 3.05) is 7.11 Å². The Bertz CT molecular complexity index is 371. The highest BCUT2D eigenvalue weighted by Gasteiger charge is 2.13. The van der Waals surface area contributed by atoms with Crippen molar-refractivity contribution in [3.63, 3.8) is 0 Å². The number of carbonyl (C=O) groups is 1. The van der Waals surface area contributed by atoms with E-state index in [0.29, 0.717) is 6.42 Å². The fraction of sp³-hybridized carbons (Fsp3) is 0.462. The molecule has 0 aromatic heterocycles. The van der Waals surface area contributed by atoms with E-state index in [1.165, 1.54) is 6.07 Å². The second kappa shape index (κ2) is 6.45. The molecule has 0 heterocycles. The van der Waals surface area contributed by atoms with Crippen LogP contribution in [0.3, 0.4) is 0 Å². The Balaban J connectivity index is 2.56. The molecule has 17 heavy (non-hydrogen) atoms. The molecule has 0 spiro atoms. The highest BCUT2D eigenvalue weighted by atomic mass is 19.1. The fourth-order valence-electron chi connectivity index (χ4n) is 1.47. The molecule has 0 aliphatic heterocycles. The van der Waals surface area contributed by atoms with E-state index in [4.69, 9.17) is 4.74 Å². The average molecular weight is 242 g/mol. The van der Waals surface area contributed by atoms with Crippen LogP contribution in [-0.2, 0) is 16.0 Å². The maximum Gasteiger partial charge on any atom is 0.137 e. The molecule has 1 aromatic carbocycles. The SMILES string of the molecule is COC(C)CCC(=O)Cc1c(F)cccc1F. The molecule has 94 valence electrons. The second-order valence-corrected chi connectivity index (χ2v) is 4.00. The number of hydrogen-bond acceptors (Lipinski definition) is 2. The molecule has 0 fully saturated rings. The third-order valence-corrected chi connectivity index (χ3v) is 2.67. The Kier molecular flexibility index (Phi) is 5.22. The lowest BCUT2D eigenvalue weighted by atomic mass is 10.0. The van der Waals surface area contributed by atoms with Crippen LogP contribution in [0.4, 0.5) is 8.78 Å². The molecule has 0 N–H and O–H groups in total. The average Bonchev–Trinajstić information content (AvgIpc) is 2.31. The first-order chi connectivity index (χ1) is 8.04. The van der Waals surface area contributed by atoms with Crippen LogP contribution in [0.2, 0.25) is 0 Å². The van der Waals surface area contributed by atoms with Crippen LogP contribution in [-0.4, -0.2) is 19.0 Å². The highest BCUT2D eigenvalue weighted by Crippen LogP contribution is 2.14. The lowest BCUT2D eigenvalue weighted by Gasteiger charge is -2.08. The summed E-state index contributed by atoms with van der Waals surface area (Å²) in [5, 5.41) is 0. The number of hydrogen-bond donors (Lipinski definition) is 0. The lowest BCUT2D eigenvalue weighted by molar-refractivity contribution is -0.119. The van der Waals surface area contributed by atoms with Crippen LogP contribution in [0.15, 0.2) is 18.2 Å². The van der Waals surface area contributed by atoms with E-state index in [1.54, 1.807) is 7.11 Å². The minimum atomic E-state index is -0.668. The predicted molar refractivity (Wildman–Crippen MR) is 60.8 cm³/mol. The summed E-state index contributed by atoms with van der Waals surface area (Å²) >= 11 is 0. The van der Waals surface area contributed by atoms with Gasteiger partial charge in [0.15, 0.2) is 0 Å². The van der Waals surface area contributed by atoms with Gasteiger partial charge in [0.1, 0.15) is 17.4 Å². The number of Topliss-reactive ketones (excluding diaryl/α,β-unsaturated/α-hetero) is 1. The standard InChI is InChI=1S/C13H16F2O2/c1-9(17-2)6-7-10(16)8-11-12(14)4-3-5-13(11)15/h3-5,9H,6-8H2,1-2H3. The summed E-state index contributed by atoms with van der Waals surface area (Å²) in [4.78, 5) is 11.5. The van der Waals surface area contributed by atoms with Gasteiger partial charge in [0.25, 0.3) is 0 Å². The summed E-state index contributed by atoms with van der Waals surface area (Å²) in [7, 11) is 1.56. The van der Waals surface area contributed by atoms with Gasteiger partial charge in [0.2, 0.25) is 0 Å². The number of ketones is 1. The first kappa shape index (κ1) is 13.8. The number of methoxy groups -OCH3 is 1. The zero-order chi connectivity index (χ0) is 12.8. The van der Waals surface area contributed by atoms with Gasteiger partial charge >= 0.3 is 0 Å². The van der Waals surface area contributed by atoms with Gasteiger partial charge < -0.3 is 4.74 Å². The zero-order valence-electron chi connectivity index (χ0n) is 10.0. The van der Waals surface area contributed by atoms with E-state index in [2.05, 4.69) is 0 Å². The quantitative estimate of drug-likeness (QED) is 0.766. The molecular formula is C13H16F2O2. The van der Waals surface area contributed by atoms with E-state index in [9.17, 15) is 13.6 Å². The summed E-state index contributed by atoms with van der Waals surface area (Å²) in [5.41, 5.74) is -0.150. The predicted octanol–water partition coefficient (Wildman–Crippen LogP) is 2.89. The molecule has 1 aromatic rings. The van der Waals surface area contributed by atoms with E-state index in [-0.39, 0.29) is 30.3 Å². The monoisotopic (exact) mass is 242 g/mol. The summed E-state index contributed by atoms with van der Waals surface area (Å²) in [5.74, 6) is -1.52. The molecule has 0 amide bonds. The highest BCUT2D eigenvalue weighted by molar-refractivity contribution is 5.80. The number of ether oxygens (including phenoxy) is 1. The van der Waals surface area contributed by atoms with Crippen LogP contribution in [0.5, 0.6) is 0 Å². The normalized spacial score (nSPS) is 12.5. The van der Waals surface area contributed by atoms with Gasteiger partial charge in [0.05, 0.1) is 6.10 Å². The molecule has 4 heteroatoms. The van der Waals surface area contributed by atoms with Crippen LogP contribution in [0.25, 0.3) is 0 Å². The Morgan fingerprint density at radius 1 is 1.35 bits per heavy atom. The molecule has 2 nitrogen and oxygen atoms in total. The van der Waals surface area contributed by atoms with Crippen LogP contribution >= 0.6 is 0 Å². The molecule has 1 rings (SSSR count). The topological polar surface area (TPSA) is 26.3 Å². The maximum absolute atomic E-state index is 13.3. The van der Waals surface area contributed by atoms with E-state index < -0.39 is 11.6 Å². The van der Waals surface area contributed by atoms with Crippen molar-refractivity contribution in [2.45, 2.75) is 32.3 Å². The molecule has 0 saturated heterocycles. The third-order valence-electron chi connectivity index (χ3n) is 2.67. The van der Waals surface area contributed by atoms with Gasteiger partial charge in [-0.3, -0.25) is 4.79 Å². The van der Waals surface area contributed by atoms with Gasteiger partial charge in [-0.1, -0.05) is 6.07 Å². The van der Waals surface area contributed by atoms with Crippen molar-refractivity contribution in [3.05, 3.63) is 35.4 Å². The summed E-state index contributed by atoms with van der Waals surface area (Å²) in [6.45, 7) is 1.84. The van der Waals surface area contributed by atoms with Crippen LogP contribution < -0.4 is 0 Å². The van der Waals surface area contributed by atoms with Crippen molar-refractivity contribution in [3.8, 4) is 0 Å². The third kappa shape index (κ3) is 4.23. The maximum atomic E-state index is 13.3. The Morgan fingerprint density at radius 3 is 2.47 bits per heavy atom. The van der Waals surface area contributed by atoms with E-state index in [0.717, 1.165) is 12.1 Å². The molecule has 1 atom stereocenters. The van der Waals surface area contributed by atoms with Gasteiger partial charge in [-0.25, -0.2) is 8.78 Å². The zero-order valence-corrected chi connectivity index (χ0v) is 10.0. The van der Waals surface area contributed by atoms with Crippen LogP contribution in [0, 0.1) is 11.6 Å². The fourth-order valence-corrected chi connectivity index (χ4v) is 1.47. The first-order valence-electron chi connectivity index (χ1n) is 5.52.